The van der Waals surface area contributed by atoms with E-state index in [1.807, 2.05) is 30.9 Å². The van der Waals surface area contributed by atoms with Crippen molar-refractivity contribution in [1.29, 1.82) is 0 Å². The zero-order valence-electron chi connectivity index (χ0n) is 18.9. The van der Waals surface area contributed by atoms with Gasteiger partial charge in [-0.3, -0.25) is 19.3 Å². The van der Waals surface area contributed by atoms with Crippen LogP contribution in [0.15, 0.2) is 30.3 Å². The first kappa shape index (κ1) is 22.5. The maximum Gasteiger partial charge on any atom is 0.416 e. The summed E-state index contributed by atoms with van der Waals surface area (Å²) in [6.45, 7) is 4.35. The topological polar surface area (TPSA) is 69.7 Å². The number of nitrogens with zero attached hydrogens (tertiary/aromatic N) is 2. The first-order valence-corrected chi connectivity index (χ1v) is 11.8. The van der Waals surface area contributed by atoms with E-state index < -0.39 is 40.9 Å². The number of imide groups is 1. The van der Waals surface area contributed by atoms with Gasteiger partial charge in [-0.1, -0.05) is 23.7 Å². The second-order valence-corrected chi connectivity index (χ2v) is 10.1. The molecule has 2 aromatic carbocycles. The van der Waals surface area contributed by atoms with Gasteiger partial charge in [0.15, 0.2) is 0 Å². The predicted octanol–water partition coefficient (Wildman–Crippen LogP) is 4.41. The van der Waals surface area contributed by atoms with E-state index >= 15 is 0 Å². The van der Waals surface area contributed by atoms with E-state index in [-0.39, 0.29) is 22.7 Å². The molecule has 4 aliphatic heterocycles. The van der Waals surface area contributed by atoms with Crippen LogP contribution in [0.5, 0.6) is 0 Å². The number of alkyl halides is 3. The lowest BCUT2D eigenvalue weighted by Gasteiger charge is -2.36. The van der Waals surface area contributed by atoms with Crippen LogP contribution in [-0.4, -0.2) is 35.2 Å². The van der Waals surface area contributed by atoms with E-state index in [4.69, 9.17) is 11.6 Å². The number of nitrogens with one attached hydrogen (secondary N) is 1. The Kier molecular flexibility index (Phi) is 4.56. The van der Waals surface area contributed by atoms with Crippen LogP contribution < -0.4 is 10.2 Å². The Morgan fingerprint density at radius 1 is 1.09 bits per heavy atom. The summed E-state index contributed by atoms with van der Waals surface area (Å²) in [7, 11) is 0. The molecule has 0 radical (unpaired) electrons. The van der Waals surface area contributed by atoms with Crippen molar-refractivity contribution in [2.75, 3.05) is 16.8 Å². The van der Waals surface area contributed by atoms with Crippen LogP contribution in [0, 0.1) is 25.7 Å². The Bertz CT molecular complexity index is 1340. The molecule has 1 N–H and O–H groups in total. The molecule has 4 atom stereocenters. The molecule has 182 valence electrons. The molecule has 0 aromatic heterocycles. The predicted molar refractivity (Wildman–Crippen MR) is 122 cm³/mol. The number of fused-ring (bicyclic) bond motifs is 7. The Labute approximate surface area is 204 Å². The zero-order valence-corrected chi connectivity index (χ0v) is 19.6. The fourth-order valence-electron chi connectivity index (χ4n) is 6.62. The molecule has 3 fully saturated rings. The minimum atomic E-state index is -4.68. The highest BCUT2D eigenvalue weighted by molar-refractivity contribution is 6.36. The molecule has 4 unspecified atom stereocenters. The quantitative estimate of drug-likeness (QED) is 0.585. The van der Waals surface area contributed by atoms with Crippen LogP contribution in [0.1, 0.15) is 35.1 Å². The number of hydrogen-bond donors (Lipinski definition) is 1. The van der Waals surface area contributed by atoms with Gasteiger partial charge in [-0.25, -0.2) is 4.90 Å². The number of aryl methyl sites for hydroxylation is 1. The van der Waals surface area contributed by atoms with Crippen molar-refractivity contribution in [3.8, 4) is 0 Å². The first-order chi connectivity index (χ1) is 16.5. The van der Waals surface area contributed by atoms with Crippen molar-refractivity contribution in [2.24, 2.45) is 11.8 Å². The molecule has 35 heavy (non-hydrogen) atoms. The third kappa shape index (κ3) is 2.68. The van der Waals surface area contributed by atoms with Crippen LogP contribution in [0.3, 0.4) is 0 Å². The molecule has 10 heteroatoms. The minimum absolute atomic E-state index is 0.139. The van der Waals surface area contributed by atoms with Crippen molar-refractivity contribution in [3.05, 3.63) is 57.6 Å². The summed E-state index contributed by atoms with van der Waals surface area (Å²) in [6.07, 6.45) is -3.32. The van der Waals surface area contributed by atoms with Crippen molar-refractivity contribution in [2.45, 2.75) is 44.4 Å². The average molecular weight is 504 g/mol. The molecule has 1 spiro atoms. The third-order valence-electron chi connectivity index (χ3n) is 8.21. The fraction of sp³-hybridized carbons (Fsp3) is 0.400. The van der Waals surface area contributed by atoms with Gasteiger partial charge in [-0.2, -0.15) is 13.2 Å². The number of carbonyl (C=O) groups is 3. The molecule has 6 nitrogen and oxygen atoms in total. The van der Waals surface area contributed by atoms with Gasteiger partial charge < -0.3 is 5.32 Å². The number of benzene rings is 2. The van der Waals surface area contributed by atoms with Crippen molar-refractivity contribution >= 4 is 40.7 Å². The summed E-state index contributed by atoms with van der Waals surface area (Å²) in [5, 5.41) is 2.82. The van der Waals surface area contributed by atoms with Crippen LogP contribution in [0.25, 0.3) is 0 Å². The highest BCUT2D eigenvalue weighted by atomic mass is 35.5. The number of carbonyl (C=O) groups excluding carboxylic acids is 3. The molecule has 3 amide bonds. The van der Waals surface area contributed by atoms with Crippen LogP contribution in [-0.2, 0) is 26.1 Å². The van der Waals surface area contributed by atoms with Crippen LogP contribution >= 0.6 is 11.6 Å². The number of anilines is 2. The summed E-state index contributed by atoms with van der Waals surface area (Å²) >= 11 is 6.22. The summed E-state index contributed by atoms with van der Waals surface area (Å²) in [4.78, 5) is 44.2. The highest BCUT2D eigenvalue weighted by Gasteiger charge is 2.74. The lowest BCUT2D eigenvalue weighted by molar-refractivity contribution is -0.137. The summed E-state index contributed by atoms with van der Waals surface area (Å²) in [5.41, 5.74) is 0.419. The van der Waals surface area contributed by atoms with E-state index in [9.17, 15) is 27.6 Å². The fourth-order valence-corrected chi connectivity index (χ4v) is 6.82. The number of rotatable bonds is 1. The van der Waals surface area contributed by atoms with Crippen molar-refractivity contribution < 1.29 is 27.6 Å². The monoisotopic (exact) mass is 503 g/mol. The van der Waals surface area contributed by atoms with Gasteiger partial charge in [0.05, 0.1) is 28.1 Å². The standard InChI is InChI=1S/C25H21ClF3N3O3/c1-11-5-7-14-20(12(11)2)30-23(35)24(14)19-18(16-4-3-9-31(16)24)21(33)32(22(19)34)17-10-13(25(27,28)29)6-8-15(17)26/h5-8,10,16,18-19H,3-4,9H2,1-2H3,(H,30,35). The highest BCUT2D eigenvalue weighted by Crippen LogP contribution is 2.61. The second kappa shape index (κ2) is 7.07. The molecular weight excluding hydrogens is 483 g/mol. The lowest BCUT2D eigenvalue weighted by Crippen LogP contribution is -2.54. The Morgan fingerprint density at radius 3 is 2.54 bits per heavy atom. The van der Waals surface area contributed by atoms with Gasteiger partial charge in [-0.05, 0) is 62.6 Å². The SMILES string of the molecule is Cc1ccc2c(c1C)NC(=O)C21C2C(=O)N(c3cc(C(F)(F)F)ccc3Cl)C(=O)C2C2CCCN21. The Morgan fingerprint density at radius 2 is 1.83 bits per heavy atom. The molecule has 4 heterocycles. The molecule has 3 saturated heterocycles. The Hall–Kier alpha value is -2.91. The Balaban J connectivity index is 1.55. The van der Waals surface area contributed by atoms with Crippen LogP contribution in [0.4, 0.5) is 24.5 Å². The van der Waals surface area contributed by atoms with E-state index in [0.717, 1.165) is 40.6 Å². The van der Waals surface area contributed by atoms with Crippen molar-refractivity contribution in [1.82, 2.24) is 4.90 Å². The van der Waals surface area contributed by atoms with Gasteiger partial charge in [0.1, 0.15) is 5.54 Å². The van der Waals surface area contributed by atoms with E-state index in [2.05, 4.69) is 5.32 Å². The molecule has 2 aromatic rings. The summed E-state index contributed by atoms with van der Waals surface area (Å²) in [6, 6.07) is 5.92. The summed E-state index contributed by atoms with van der Waals surface area (Å²) in [5.74, 6) is -3.60. The maximum atomic E-state index is 14.0. The molecule has 0 bridgehead atoms. The number of halogens is 4. The number of amides is 3. The minimum Gasteiger partial charge on any atom is -0.324 e. The molecule has 0 saturated carbocycles. The average Bonchev–Trinajstić information content (AvgIpc) is 3.50. The largest absolute Gasteiger partial charge is 0.416 e. The van der Waals surface area contributed by atoms with Gasteiger partial charge in [0.25, 0.3) is 0 Å². The lowest BCUT2D eigenvalue weighted by atomic mass is 9.75. The van der Waals surface area contributed by atoms with E-state index in [0.29, 0.717) is 24.2 Å². The van der Waals surface area contributed by atoms with Gasteiger partial charge in [0, 0.05) is 17.3 Å². The third-order valence-corrected chi connectivity index (χ3v) is 8.53. The van der Waals surface area contributed by atoms with Crippen LogP contribution in [0.2, 0.25) is 5.02 Å². The number of hydrogen-bond acceptors (Lipinski definition) is 4. The normalized spacial score (nSPS) is 29.7. The molecule has 0 aliphatic carbocycles. The second-order valence-electron chi connectivity index (χ2n) is 9.73. The van der Waals surface area contributed by atoms with E-state index in [1.54, 1.807) is 0 Å². The van der Waals surface area contributed by atoms with Gasteiger partial charge in [-0.15, -0.1) is 0 Å². The maximum absolute atomic E-state index is 14.0. The molecular formula is C25H21ClF3N3O3. The molecule has 6 rings (SSSR count). The van der Waals surface area contributed by atoms with Crippen molar-refractivity contribution in [3.63, 3.8) is 0 Å². The first-order valence-electron chi connectivity index (χ1n) is 11.4. The van der Waals surface area contributed by atoms with E-state index in [1.165, 1.54) is 0 Å². The smallest absolute Gasteiger partial charge is 0.324 e. The van der Waals surface area contributed by atoms with Gasteiger partial charge >= 0.3 is 6.18 Å². The summed E-state index contributed by atoms with van der Waals surface area (Å²) < 4.78 is 40.3. The molecule has 4 aliphatic rings. The van der Waals surface area contributed by atoms with Gasteiger partial charge in [0.2, 0.25) is 17.7 Å². The zero-order chi connectivity index (χ0) is 25.0.